The van der Waals surface area contributed by atoms with Crippen molar-refractivity contribution in [2.45, 2.75) is 12.2 Å². The fourth-order valence-corrected chi connectivity index (χ4v) is 3.63. The molecule has 0 spiro atoms. The minimum atomic E-state index is -4.33. The molecule has 1 fully saturated rings. The third-order valence-electron chi connectivity index (χ3n) is 3.94. The molecule has 2 nitrogen and oxygen atoms in total. The Hall–Kier alpha value is -1.08. The molecule has 1 aromatic carbocycles. The highest BCUT2D eigenvalue weighted by molar-refractivity contribution is 7.08. The van der Waals surface area contributed by atoms with E-state index in [0.29, 0.717) is 5.56 Å². The Balaban J connectivity index is 0.00000192. The van der Waals surface area contributed by atoms with E-state index in [1.807, 2.05) is 16.8 Å². The third-order valence-corrected chi connectivity index (χ3v) is 4.64. The highest BCUT2D eigenvalue weighted by atomic mass is 35.5. The fraction of sp³-hybridized carbons (Fsp3) is 0.375. The summed E-state index contributed by atoms with van der Waals surface area (Å²) >= 11 is 1.52. The number of rotatable bonds is 3. The van der Waals surface area contributed by atoms with E-state index in [2.05, 4.69) is 10.2 Å². The topological polar surface area (TPSA) is 15.3 Å². The Bertz CT molecular complexity index is 610. The first-order valence-electron chi connectivity index (χ1n) is 7.20. The number of nitrogens with one attached hydrogen (secondary N) is 1. The second-order valence-electron chi connectivity index (χ2n) is 5.33. The Morgan fingerprint density at radius 3 is 2.39 bits per heavy atom. The Morgan fingerprint density at radius 1 is 1.09 bits per heavy atom. The summed E-state index contributed by atoms with van der Waals surface area (Å²) in [4.78, 5) is 2.13. The molecule has 1 aromatic heterocycles. The Morgan fingerprint density at radius 2 is 1.78 bits per heavy atom. The normalized spacial score (nSPS) is 17.5. The van der Waals surface area contributed by atoms with Crippen molar-refractivity contribution in [3.63, 3.8) is 0 Å². The molecule has 23 heavy (non-hydrogen) atoms. The molecule has 2 aromatic rings. The van der Waals surface area contributed by atoms with E-state index in [-0.39, 0.29) is 18.4 Å². The summed E-state index contributed by atoms with van der Waals surface area (Å²) in [6.07, 6.45) is -4.33. The molecule has 3 rings (SSSR count). The molecule has 0 amide bonds. The summed E-state index contributed by atoms with van der Waals surface area (Å²) in [5.41, 5.74) is 0.739. The zero-order chi connectivity index (χ0) is 15.6. The maximum atomic E-state index is 13.4. The molecule has 0 saturated carbocycles. The maximum absolute atomic E-state index is 13.4. The van der Waals surface area contributed by atoms with Gasteiger partial charge in [0, 0.05) is 26.2 Å². The monoisotopic (exact) mass is 362 g/mol. The van der Waals surface area contributed by atoms with Crippen LogP contribution in [0.1, 0.15) is 22.7 Å². The number of hydrogen-bond donors (Lipinski definition) is 1. The number of halogens is 4. The molecule has 1 atom stereocenters. The highest BCUT2D eigenvalue weighted by Crippen LogP contribution is 2.39. The van der Waals surface area contributed by atoms with Gasteiger partial charge in [0.25, 0.3) is 0 Å². The first kappa shape index (κ1) is 18.3. The largest absolute Gasteiger partial charge is 0.416 e. The van der Waals surface area contributed by atoms with Gasteiger partial charge in [-0.05, 0) is 34.0 Å². The van der Waals surface area contributed by atoms with E-state index in [9.17, 15) is 13.2 Å². The number of benzene rings is 1. The molecule has 1 N–H and O–H groups in total. The Kier molecular flexibility index (Phi) is 6.08. The van der Waals surface area contributed by atoms with Gasteiger partial charge in [-0.1, -0.05) is 18.2 Å². The van der Waals surface area contributed by atoms with E-state index in [1.165, 1.54) is 23.5 Å². The number of nitrogens with zero attached hydrogens (tertiary/aromatic N) is 1. The number of piperazine rings is 1. The first-order chi connectivity index (χ1) is 10.6. The lowest BCUT2D eigenvalue weighted by atomic mass is 9.94. The molecule has 0 unspecified atom stereocenters. The van der Waals surface area contributed by atoms with Crippen LogP contribution in [0.5, 0.6) is 0 Å². The second-order valence-corrected chi connectivity index (χ2v) is 6.11. The zero-order valence-electron chi connectivity index (χ0n) is 12.3. The predicted octanol–water partition coefficient (Wildman–Crippen LogP) is 4.18. The Labute approximate surface area is 143 Å². The quantitative estimate of drug-likeness (QED) is 0.881. The zero-order valence-corrected chi connectivity index (χ0v) is 14.0. The van der Waals surface area contributed by atoms with Crippen LogP contribution in [0.3, 0.4) is 0 Å². The standard InChI is InChI=1S/C16H17F3N2S.ClH/c17-16(18,19)14-4-2-1-3-13(14)15(12-5-10-22-11-12)21-8-6-20-7-9-21;/h1-5,10-11,15,20H,6-9H2;1H/t15-;/m0./s1. The summed E-state index contributed by atoms with van der Waals surface area (Å²) in [7, 11) is 0. The molecule has 1 aliphatic rings. The van der Waals surface area contributed by atoms with Gasteiger partial charge in [-0.25, -0.2) is 0 Å². The summed E-state index contributed by atoms with van der Waals surface area (Å²) < 4.78 is 40.2. The van der Waals surface area contributed by atoms with E-state index in [0.717, 1.165) is 31.7 Å². The van der Waals surface area contributed by atoms with Crippen molar-refractivity contribution >= 4 is 23.7 Å². The molecule has 1 aliphatic heterocycles. The van der Waals surface area contributed by atoms with Crippen molar-refractivity contribution in [3.05, 3.63) is 57.8 Å². The van der Waals surface area contributed by atoms with Crippen molar-refractivity contribution in [1.82, 2.24) is 10.2 Å². The summed E-state index contributed by atoms with van der Waals surface area (Å²) in [6.45, 7) is 3.09. The van der Waals surface area contributed by atoms with Gasteiger partial charge in [-0.15, -0.1) is 12.4 Å². The van der Waals surface area contributed by atoms with Gasteiger partial charge in [-0.2, -0.15) is 24.5 Å². The molecule has 1 saturated heterocycles. The lowest BCUT2D eigenvalue weighted by Gasteiger charge is -2.36. The van der Waals surface area contributed by atoms with Crippen molar-refractivity contribution in [3.8, 4) is 0 Å². The van der Waals surface area contributed by atoms with Crippen LogP contribution in [0.15, 0.2) is 41.1 Å². The van der Waals surface area contributed by atoms with Crippen molar-refractivity contribution in [2.24, 2.45) is 0 Å². The third kappa shape index (κ3) is 4.07. The molecular formula is C16H18ClF3N2S. The van der Waals surface area contributed by atoms with Gasteiger partial charge in [0.15, 0.2) is 0 Å². The number of alkyl halides is 3. The molecule has 126 valence electrons. The maximum Gasteiger partial charge on any atom is 0.416 e. The summed E-state index contributed by atoms with van der Waals surface area (Å²) in [5, 5.41) is 7.11. The van der Waals surface area contributed by atoms with Crippen molar-refractivity contribution < 1.29 is 13.2 Å². The molecule has 7 heteroatoms. The molecule has 2 heterocycles. The van der Waals surface area contributed by atoms with Crippen LogP contribution in [0.25, 0.3) is 0 Å². The van der Waals surface area contributed by atoms with E-state index in [4.69, 9.17) is 0 Å². The van der Waals surface area contributed by atoms with Gasteiger partial charge in [0.2, 0.25) is 0 Å². The van der Waals surface area contributed by atoms with Gasteiger partial charge in [0.1, 0.15) is 0 Å². The van der Waals surface area contributed by atoms with Gasteiger partial charge in [-0.3, -0.25) is 4.90 Å². The SMILES string of the molecule is Cl.FC(F)(F)c1ccccc1[C@H](c1ccsc1)N1CCNCC1. The second kappa shape index (κ2) is 7.66. The fourth-order valence-electron chi connectivity index (χ4n) is 2.95. The minimum absolute atomic E-state index is 0. The first-order valence-corrected chi connectivity index (χ1v) is 8.14. The van der Waals surface area contributed by atoms with E-state index in [1.54, 1.807) is 12.1 Å². The van der Waals surface area contributed by atoms with Crippen molar-refractivity contribution in [2.75, 3.05) is 26.2 Å². The number of thiophene rings is 1. The van der Waals surface area contributed by atoms with Crippen LogP contribution in [0.4, 0.5) is 13.2 Å². The average molecular weight is 363 g/mol. The highest BCUT2D eigenvalue weighted by Gasteiger charge is 2.37. The van der Waals surface area contributed by atoms with Crippen LogP contribution in [0.2, 0.25) is 0 Å². The molecule has 0 bridgehead atoms. The van der Waals surface area contributed by atoms with Gasteiger partial charge in [0.05, 0.1) is 11.6 Å². The molecule has 0 radical (unpaired) electrons. The van der Waals surface area contributed by atoms with E-state index < -0.39 is 11.7 Å². The lowest BCUT2D eigenvalue weighted by molar-refractivity contribution is -0.138. The van der Waals surface area contributed by atoms with Crippen LogP contribution in [-0.2, 0) is 6.18 Å². The predicted molar refractivity (Wildman–Crippen MR) is 89.3 cm³/mol. The van der Waals surface area contributed by atoms with Crippen LogP contribution >= 0.6 is 23.7 Å². The smallest absolute Gasteiger partial charge is 0.314 e. The lowest BCUT2D eigenvalue weighted by Crippen LogP contribution is -2.45. The van der Waals surface area contributed by atoms with E-state index >= 15 is 0 Å². The summed E-state index contributed by atoms with van der Waals surface area (Å²) in [6, 6.07) is 7.50. The molecular weight excluding hydrogens is 345 g/mol. The van der Waals surface area contributed by atoms with Gasteiger partial charge < -0.3 is 5.32 Å². The van der Waals surface area contributed by atoms with Crippen LogP contribution < -0.4 is 5.32 Å². The van der Waals surface area contributed by atoms with Crippen LogP contribution in [0, 0.1) is 0 Å². The minimum Gasteiger partial charge on any atom is -0.314 e. The molecule has 0 aliphatic carbocycles. The van der Waals surface area contributed by atoms with Gasteiger partial charge >= 0.3 is 6.18 Å². The summed E-state index contributed by atoms with van der Waals surface area (Å²) in [5.74, 6) is 0. The van der Waals surface area contributed by atoms with Crippen LogP contribution in [-0.4, -0.2) is 31.1 Å². The average Bonchev–Trinajstić information content (AvgIpc) is 3.02. The number of hydrogen-bond acceptors (Lipinski definition) is 3. The van der Waals surface area contributed by atoms with Crippen molar-refractivity contribution in [1.29, 1.82) is 0 Å².